The second-order valence-electron chi connectivity index (χ2n) is 9.54. The number of hydrogen-bond acceptors (Lipinski definition) is 5. The molecule has 0 aromatic heterocycles. The smallest absolute Gasteiger partial charge is 0.253 e. The topological polar surface area (TPSA) is 90.0 Å². The minimum Gasteiger partial charge on any atom is -0.390 e. The first kappa shape index (κ1) is 31.1. The number of aryl methyl sites for hydroxylation is 1. The maximum atomic E-state index is 13.8. The van der Waals surface area contributed by atoms with Crippen molar-refractivity contribution in [1.82, 2.24) is 14.5 Å². The molecule has 0 spiro atoms. The van der Waals surface area contributed by atoms with Crippen molar-refractivity contribution in [3.63, 3.8) is 0 Å². The van der Waals surface area contributed by atoms with Gasteiger partial charge in [-0.25, -0.2) is 17.2 Å². The Hall–Kier alpha value is -2.45. The van der Waals surface area contributed by atoms with E-state index in [2.05, 4.69) is 27.9 Å². The fourth-order valence-corrected chi connectivity index (χ4v) is 6.29. The lowest BCUT2D eigenvalue weighted by Crippen LogP contribution is -2.42. The maximum absolute atomic E-state index is 13.8. The van der Waals surface area contributed by atoms with Gasteiger partial charge in [-0.05, 0) is 95.1 Å². The van der Waals surface area contributed by atoms with Gasteiger partial charge in [0.2, 0.25) is 10.0 Å². The number of halogens is 3. The third-order valence-corrected chi connectivity index (χ3v) is 8.44. The number of aliphatic hydroxyl groups excluding tert-OH is 1. The Bertz CT molecular complexity index is 1400. The van der Waals surface area contributed by atoms with Crippen LogP contribution < -0.4 is 5.32 Å². The van der Waals surface area contributed by atoms with Gasteiger partial charge < -0.3 is 15.3 Å². The van der Waals surface area contributed by atoms with E-state index < -0.39 is 27.8 Å². The normalized spacial score (nSPS) is 12.5. The third kappa shape index (κ3) is 9.04. The van der Waals surface area contributed by atoms with E-state index in [0.29, 0.717) is 12.1 Å². The SMILES string of the molecule is Cc1cc(C(=O)N(C)C)cc(S(=O)(=O)N(CCc2cc(F)cc(F)c2)C[C@@H](O)CNCc2cccc(I)c2)c1. The van der Waals surface area contributed by atoms with Crippen molar-refractivity contribution < 1.29 is 27.1 Å². The summed E-state index contributed by atoms with van der Waals surface area (Å²) < 4.78 is 57.2. The van der Waals surface area contributed by atoms with Gasteiger partial charge in [0.1, 0.15) is 11.6 Å². The highest BCUT2D eigenvalue weighted by molar-refractivity contribution is 14.1. The molecule has 0 bridgehead atoms. The maximum Gasteiger partial charge on any atom is 0.253 e. The number of rotatable bonds is 12. The van der Waals surface area contributed by atoms with Crippen LogP contribution >= 0.6 is 22.6 Å². The first-order valence-corrected chi connectivity index (χ1v) is 14.8. The zero-order valence-electron chi connectivity index (χ0n) is 22.0. The van der Waals surface area contributed by atoms with Crippen LogP contribution in [0.1, 0.15) is 27.0 Å². The molecule has 0 aliphatic heterocycles. The van der Waals surface area contributed by atoms with Crippen molar-refractivity contribution in [2.45, 2.75) is 30.9 Å². The first-order chi connectivity index (χ1) is 18.3. The third-order valence-electron chi connectivity index (χ3n) is 5.93. The number of carbonyl (C=O) groups excluding carboxylic acids is 1. The number of carbonyl (C=O) groups is 1. The van der Waals surface area contributed by atoms with E-state index in [9.17, 15) is 27.1 Å². The van der Waals surface area contributed by atoms with Crippen LogP contribution in [0.15, 0.2) is 65.6 Å². The molecule has 0 fully saturated rings. The summed E-state index contributed by atoms with van der Waals surface area (Å²) in [4.78, 5) is 13.8. The van der Waals surface area contributed by atoms with Crippen LogP contribution in [0.25, 0.3) is 0 Å². The van der Waals surface area contributed by atoms with E-state index in [1.807, 2.05) is 24.3 Å². The summed E-state index contributed by atoms with van der Waals surface area (Å²) >= 11 is 2.21. The molecule has 0 aliphatic rings. The summed E-state index contributed by atoms with van der Waals surface area (Å²) in [5.74, 6) is -1.87. The van der Waals surface area contributed by atoms with Gasteiger partial charge in [-0.15, -0.1) is 0 Å². The van der Waals surface area contributed by atoms with E-state index >= 15 is 0 Å². The molecule has 3 aromatic carbocycles. The second kappa shape index (κ2) is 13.8. The van der Waals surface area contributed by atoms with Crippen LogP contribution in [0.4, 0.5) is 8.78 Å². The van der Waals surface area contributed by atoms with Crippen LogP contribution in [-0.2, 0) is 23.0 Å². The predicted molar refractivity (Wildman–Crippen MR) is 155 cm³/mol. The number of amides is 1. The lowest BCUT2D eigenvalue weighted by Gasteiger charge is -2.26. The number of aliphatic hydroxyl groups is 1. The average Bonchev–Trinajstić information content (AvgIpc) is 2.85. The summed E-state index contributed by atoms with van der Waals surface area (Å²) in [6.45, 7) is 1.89. The molecule has 11 heteroatoms. The predicted octanol–water partition coefficient (Wildman–Crippen LogP) is 3.96. The van der Waals surface area contributed by atoms with Crippen LogP contribution in [0.3, 0.4) is 0 Å². The Labute approximate surface area is 242 Å². The molecule has 0 saturated heterocycles. The molecular formula is C28H32F2IN3O4S. The summed E-state index contributed by atoms with van der Waals surface area (Å²) in [7, 11) is -1.04. The van der Waals surface area contributed by atoms with E-state index in [-0.39, 0.29) is 48.0 Å². The largest absolute Gasteiger partial charge is 0.390 e. The highest BCUT2D eigenvalue weighted by Crippen LogP contribution is 2.22. The van der Waals surface area contributed by atoms with Crippen molar-refractivity contribution in [2.24, 2.45) is 0 Å². The molecule has 2 N–H and O–H groups in total. The Kier molecular flexibility index (Phi) is 11.0. The molecule has 0 saturated carbocycles. The van der Waals surface area contributed by atoms with Crippen molar-refractivity contribution in [1.29, 1.82) is 0 Å². The van der Waals surface area contributed by atoms with Crippen molar-refractivity contribution in [3.05, 3.63) is 98.1 Å². The Balaban J connectivity index is 1.83. The molecular weight excluding hydrogens is 639 g/mol. The van der Waals surface area contributed by atoms with E-state index in [1.54, 1.807) is 27.1 Å². The van der Waals surface area contributed by atoms with E-state index in [4.69, 9.17) is 0 Å². The molecule has 0 heterocycles. The van der Waals surface area contributed by atoms with Crippen molar-refractivity contribution in [2.75, 3.05) is 33.7 Å². The fraction of sp³-hybridized carbons (Fsp3) is 0.321. The van der Waals surface area contributed by atoms with Crippen LogP contribution in [0.5, 0.6) is 0 Å². The number of hydrogen-bond donors (Lipinski definition) is 2. The number of benzene rings is 3. The highest BCUT2D eigenvalue weighted by atomic mass is 127. The van der Waals surface area contributed by atoms with Gasteiger partial charge in [0.15, 0.2) is 0 Å². The monoisotopic (exact) mass is 671 g/mol. The van der Waals surface area contributed by atoms with Crippen LogP contribution in [0.2, 0.25) is 0 Å². The lowest BCUT2D eigenvalue weighted by molar-refractivity contribution is 0.0827. The minimum atomic E-state index is -4.19. The zero-order valence-corrected chi connectivity index (χ0v) is 25.0. The highest BCUT2D eigenvalue weighted by Gasteiger charge is 2.28. The van der Waals surface area contributed by atoms with Gasteiger partial charge in [-0.2, -0.15) is 4.31 Å². The summed E-state index contributed by atoms with van der Waals surface area (Å²) in [6, 6.07) is 15.2. The summed E-state index contributed by atoms with van der Waals surface area (Å²) in [6.07, 6.45) is -1.05. The fourth-order valence-electron chi connectivity index (χ4n) is 4.08. The Morgan fingerprint density at radius 1 is 1.03 bits per heavy atom. The van der Waals surface area contributed by atoms with Gasteiger partial charge >= 0.3 is 0 Å². The second-order valence-corrected chi connectivity index (χ2v) is 12.7. The lowest BCUT2D eigenvalue weighted by atomic mass is 10.1. The summed E-state index contributed by atoms with van der Waals surface area (Å²) in [5.41, 5.74) is 2.09. The van der Waals surface area contributed by atoms with Gasteiger partial charge in [0.05, 0.1) is 11.0 Å². The molecule has 3 rings (SSSR count). The Morgan fingerprint density at radius 3 is 2.36 bits per heavy atom. The average molecular weight is 672 g/mol. The van der Waals surface area contributed by atoms with Gasteiger partial charge in [0.25, 0.3) is 5.91 Å². The molecule has 0 unspecified atom stereocenters. The molecule has 210 valence electrons. The number of sulfonamides is 1. The van der Waals surface area contributed by atoms with E-state index in [0.717, 1.165) is 31.6 Å². The molecule has 1 atom stereocenters. The number of nitrogens with zero attached hydrogens (tertiary/aromatic N) is 2. The quantitative estimate of drug-likeness (QED) is 0.285. The van der Waals surface area contributed by atoms with Crippen LogP contribution in [0, 0.1) is 22.1 Å². The molecule has 0 aliphatic carbocycles. The van der Waals surface area contributed by atoms with Gasteiger partial charge in [-0.1, -0.05) is 12.1 Å². The molecule has 39 heavy (non-hydrogen) atoms. The van der Waals surface area contributed by atoms with E-state index in [1.165, 1.54) is 17.0 Å². The molecule has 0 radical (unpaired) electrons. The first-order valence-electron chi connectivity index (χ1n) is 12.3. The zero-order chi connectivity index (χ0) is 28.7. The summed E-state index contributed by atoms with van der Waals surface area (Å²) in [5, 5.41) is 13.9. The van der Waals surface area contributed by atoms with Crippen molar-refractivity contribution in [3.8, 4) is 0 Å². The standard InChI is InChI=1S/C28H32F2IN3O4S/c1-19-9-22(28(36)33(2)3)14-27(10-19)39(37,38)34(8-7-20-11-23(29)15-24(30)12-20)18-26(35)17-32-16-21-5-4-6-25(31)13-21/h4-6,9-15,26,32,35H,7-8,16-18H2,1-3H3/t26-/m0/s1. The molecule has 3 aromatic rings. The van der Waals surface area contributed by atoms with Gasteiger partial charge in [0, 0.05) is 55.5 Å². The molecule has 7 nitrogen and oxygen atoms in total. The van der Waals surface area contributed by atoms with Crippen molar-refractivity contribution >= 4 is 38.5 Å². The van der Waals surface area contributed by atoms with Gasteiger partial charge in [-0.3, -0.25) is 4.79 Å². The number of nitrogens with one attached hydrogen (secondary N) is 1. The molecule has 1 amide bonds. The minimum absolute atomic E-state index is 0.0197. The van der Waals surface area contributed by atoms with Crippen LogP contribution in [-0.4, -0.2) is 68.5 Å². The Morgan fingerprint density at radius 2 is 1.72 bits per heavy atom.